The highest BCUT2D eigenvalue weighted by atomic mass is 16.4. The van der Waals surface area contributed by atoms with Crippen LogP contribution >= 0.6 is 0 Å². The molecule has 0 spiro atoms. The minimum absolute atomic E-state index is 0.000556. The highest BCUT2D eigenvalue weighted by Crippen LogP contribution is 2.34. The zero-order valence-electron chi connectivity index (χ0n) is 14.9. The summed E-state index contributed by atoms with van der Waals surface area (Å²) >= 11 is 0. The summed E-state index contributed by atoms with van der Waals surface area (Å²) in [6, 6.07) is 3.48. The molecule has 2 rings (SSSR count). The van der Waals surface area contributed by atoms with Gasteiger partial charge in [-0.1, -0.05) is 26.8 Å². The Hall–Kier alpha value is -2.24. The largest absolute Gasteiger partial charge is 0.507 e. The van der Waals surface area contributed by atoms with Gasteiger partial charge in [0.05, 0.1) is 5.56 Å². The molecule has 2 amide bonds. The number of nitrogens with two attached hydrogens (primary N) is 1. The summed E-state index contributed by atoms with van der Waals surface area (Å²) in [4.78, 5) is 22.9. The zero-order chi connectivity index (χ0) is 18.5. The molecule has 1 heterocycles. The van der Waals surface area contributed by atoms with Crippen LogP contribution < -0.4 is 5.73 Å². The van der Waals surface area contributed by atoms with Gasteiger partial charge in [-0.25, -0.2) is 4.79 Å². The molecule has 4 N–H and O–H groups in total. The Balaban J connectivity index is 0.000000272. The minimum atomic E-state index is -0.769. The third-order valence-corrected chi connectivity index (χ3v) is 3.95. The number of aryl methyl sites for hydroxylation is 1. The van der Waals surface area contributed by atoms with Gasteiger partial charge in [-0.05, 0) is 43.2 Å². The van der Waals surface area contributed by atoms with Crippen molar-refractivity contribution in [1.29, 1.82) is 0 Å². The average Bonchev–Trinajstić information content (AvgIpc) is 2.49. The number of carbonyl (C=O) groups excluding carboxylic acids is 1. The highest BCUT2D eigenvalue weighted by Gasteiger charge is 2.22. The molecular formula is C18H28N2O4. The minimum Gasteiger partial charge on any atom is -0.507 e. The molecule has 6 nitrogen and oxygen atoms in total. The van der Waals surface area contributed by atoms with E-state index in [4.69, 9.17) is 10.8 Å². The number of benzene rings is 1. The van der Waals surface area contributed by atoms with Crippen LogP contribution in [0.2, 0.25) is 0 Å². The van der Waals surface area contributed by atoms with Gasteiger partial charge < -0.3 is 20.8 Å². The van der Waals surface area contributed by atoms with E-state index in [1.165, 1.54) is 11.3 Å². The number of rotatable bonds is 1. The molecule has 0 radical (unpaired) electrons. The molecule has 0 unspecified atom stereocenters. The van der Waals surface area contributed by atoms with Crippen molar-refractivity contribution in [2.45, 2.75) is 52.4 Å². The molecule has 0 saturated carbocycles. The summed E-state index contributed by atoms with van der Waals surface area (Å²) < 4.78 is 0. The van der Waals surface area contributed by atoms with Gasteiger partial charge in [0.1, 0.15) is 5.75 Å². The van der Waals surface area contributed by atoms with Crippen LogP contribution in [-0.2, 0) is 5.41 Å². The van der Waals surface area contributed by atoms with Gasteiger partial charge in [-0.3, -0.25) is 4.79 Å². The maximum Gasteiger partial charge on any atom is 0.407 e. The van der Waals surface area contributed by atoms with Crippen molar-refractivity contribution in [3.8, 4) is 5.75 Å². The first kappa shape index (κ1) is 19.8. The zero-order valence-corrected chi connectivity index (χ0v) is 14.9. The molecule has 0 atom stereocenters. The van der Waals surface area contributed by atoms with E-state index in [1.807, 2.05) is 33.8 Å². The predicted octanol–water partition coefficient (Wildman–Crippen LogP) is 3.25. The van der Waals surface area contributed by atoms with Crippen LogP contribution in [0.1, 0.15) is 61.5 Å². The number of aromatic hydroxyl groups is 1. The fourth-order valence-corrected chi connectivity index (χ4v) is 2.62. The first-order valence-electron chi connectivity index (χ1n) is 8.15. The summed E-state index contributed by atoms with van der Waals surface area (Å²) in [6.45, 7) is 9.27. The van der Waals surface area contributed by atoms with Crippen LogP contribution in [0.4, 0.5) is 4.79 Å². The second-order valence-electron chi connectivity index (χ2n) is 7.15. The Kier molecular flexibility index (Phi) is 6.63. The summed E-state index contributed by atoms with van der Waals surface area (Å²) in [5.74, 6) is -0.595. The summed E-state index contributed by atoms with van der Waals surface area (Å²) in [6.07, 6.45) is 2.48. The fraction of sp³-hybridized carbons (Fsp3) is 0.556. The van der Waals surface area contributed by atoms with Gasteiger partial charge in [-0.15, -0.1) is 0 Å². The molecule has 1 aliphatic rings. The standard InChI is InChI=1S/C12H17NO2.C6H11NO2/c1-7-5-8(11(13)15)10(14)9(6-7)12(2,3)4;8-6(9)7-4-2-1-3-5-7/h5-6,14H,1-4H3,(H2,13,15);1-5H2,(H,8,9). The van der Waals surface area contributed by atoms with Crippen molar-refractivity contribution >= 4 is 12.0 Å². The molecule has 0 aromatic heterocycles. The predicted molar refractivity (Wildman–Crippen MR) is 93.5 cm³/mol. The van der Waals surface area contributed by atoms with E-state index in [0.29, 0.717) is 0 Å². The van der Waals surface area contributed by atoms with Crippen molar-refractivity contribution < 1.29 is 19.8 Å². The van der Waals surface area contributed by atoms with Crippen LogP contribution in [0.15, 0.2) is 12.1 Å². The number of carbonyl (C=O) groups is 2. The average molecular weight is 336 g/mol. The molecular weight excluding hydrogens is 308 g/mol. The lowest BCUT2D eigenvalue weighted by Gasteiger charge is -2.22. The van der Waals surface area contributed by atoms with Crippen molar-refractivity contribution in [1.82, 2.24) is 4.90 Å². The van der Waals surface area contributed by atoms with E-state index < -0.39 is 12.0 Å². The lowest BCUT2D eigenvalue weighted by molar-refractivity contribution is 0.0997. The second-order valence-corrected chi connectivity index (χ2v) is 7.15. The number of phenols is 1. The van der Waals surface area contributed by atoms with Crippen molar-refractivity contribution in [3.63, 3.8) is 0 Å². The second kappa shape index (κ2) is 8.04. The van der Waals surface area contributed by atoms with Crippen LogP contribution in [0, 0.1) is 6.92 Å². The van der Waals surface area contributed by atoms with Crippen LogP contribution in [0.25, 0.3) is 0 Å². The Bertz CT molecular complexity index is 600. The number of hydrogen-bond donors (Lipinski definition) is 3. The van der Waals surface area contributed by atoms with E-state index in [0.717, 1.165) is 37.1 Å². The molecule has 1 fully saturated rings. The van der Waals surface area contributed by atoms with E-state index in [9.17, 15) is 14.7 Å². The Labute approximate surface area is 143 Å². The molecule has 6 heteroatoms. The van der Waals surface area contributed by atoms with Gasteiger partial charge in [0.25, 0.3) is 5.91 Å². The van der Waals surface area contributed by atoms with Gasteiger partial charge in [0, 0.05) is 18.7 Å². The Morgan fingerprint density at radius 1 is 1.12 bits per heavy atom. The topological polar surface area (TPSA) is 104 Å². The van der Waals surface area contributed by atoms with E-state index in [-0.39, 0.29) is 16.7 Å². The van der Waals surface area contributed by atoms with Crippen LogP contribution in [-0.4, -0.2) is 40.2 Å². The van der Waals surface area contributed by atoms with Crippen molar-refractivity contribution in [3.05, 3.63) is 28.8 Å². The maximum atomic E-state index is 11.1. The van der Waals surface area contributed by atoms with Gasteiger partial charge in [0.2, 0.25) is 0 Å². The third-order valence-electron chi connectivity index (χ3n) is 3.95. The van der Waals surface area contributed by atoms with Gasteiger partial charge >= 0.3 is 6.09 Å². The molecule has 24 heavy (non-hydrogen) atoms. The van der Waals surface area contributed by atoms with Crippen LogP contribution in [0.5, 0.6) is 5.75 Å². The third kappa shape index (κ3) is 5.44. The monoisotopic (exact) mass is 336 g/mol. The SMILES string of the molecule is Cc1cc(C(N)=O)c(O)c(C(C)(C)C)c1.O=C(O)N1CCCCC1. The first-order valence-corrected chi connectivity index (χ1v) is 8.15. The van der Waals surface area contributed by atoms with Crippen molar-refractivity contribution in [2.24, 2.45) is 5.73 Å². The van der Waals surface area contributed by atoms with E-state index >= 15 is 0 Å². The smallest absolute Gasteiger partial charge is 0.407 e. The number of hydrogen-bond acceptors (Lipinski definition) is 3. The molecule has 1 aromatic carbocycles. The molecule has 1 saturated heterocycles. The van der Waals surface area contributed by atoms with E-state index in [1.54, 1.807) is 6.07 Å². The molecule has 1 aromatic rings. The van der Waals surface area contributed by atoms with Crippen LogP contribution in [0.3, 0.4) is 0 Å². The summed E-state index contributed by atoms with van der Waals surface area (Å²) in [5.41, 5.74) is 6.85. The first-order chi connectivity index (χ1) is 11.0. The Morgan fingerprint density at radius 2 is 1.67 bits per heavy atom. The number of carboxylic acid groups (broad SMARTS) is 1. The molecule has 1 aliphatic heterocycles. The summed E-state index contributed by atoms with van der Waals surface area (Å²) in [5, 5.41) is 18.4. The number of primary amides is 1. The number of nitrogens with zero attached hydrogens (tertiary/aromatic N) is 1. The molecule has 134 valence electrons. The van der Waals surface area contributed by atoms with Gasteiger partial charge in [0.15, 0.2) is 0 Å². The maximum absolute atomic E-state index is 11.1. The normalized spacial score (nSPS) is 14.6. The highest BCUT2D eigenvalue weighted by molar-refractivity contribution is 5.96. The lowest BCUT2D eigenvalue weighted by Crippen LogP contribution is -2.34. The van der Waals surface area contributed by atoms with Gasteiger partial charge in [-0.2, -0.15) is 0 Å². The number of piperidine rings is 1. The fourth-order valence-electron chi connectivity index (χ4n) is 2.62. The molecule has 0 bridgehead atoms. The Morgan fingerprint density at radius 3 is 2.04 bits per heavy atom. The molecule has 0 aliphatic carbocycles. The number of likely N-dealkylation sites (tertiary alicyclic amines) is 1. The van der Waals surface area contributed by atoms with Crippen molar-refractivity contribution in [2.75, 3.05) is 13.1 Å². The quantitative estimate of drug-likeness (QED) is 0.732. The number of amides is 2. The van der Waals surface area contributed by atoms with E-state index in [2.05, 4.69) is 0 Å². The summed E-state index contributed by atoms with van der Waals surface area (Å²) in [7, 11) is 0. The lowest BCUT2D eigenvalue weighted by atomic mass is 9.84.